The number of amides is 2. The smallest absolute Gasteiger partial charge is 0.419 e. The molecule has 326 valence electrons. The summed E-state index contributed by atoms with van der Waals surface area (Å²) in [7, 11) is -5.43. The van der Waals surface area contributed by atoms with Crippen LogP contribution in [0.25, 0.3) is 0 Å². The number of cyclic esters (lactones) is 1. The van der Waals surface area contributed by atoms with Gasteiger partial charge in [-0.3, -0.25) is 0 Å². The molecule has 10 atom stereocenters. The summed E-state index contributed by atoms with van der Waals surface area (Å²) in [5, 5.41) is 0.192. The molecule has 5 rings (SSSR count). The van der Waals surface area contributed by atoms with Gasteiger partial charge >= 0.3 is 12.2 Å². The molecular formula is C45H71NO10SSi. The summed E-state index contributed by atoms with van der Waals surface area (Å²) < 4.78 is 65.1. The standard InChI is InChI=1S/C45H71NO10SSi/c1-29-23-34(20-21-38-30(2)24-33(52-38)17-16-22-51-58(11,12)45(8,9)10)53-40(31(29)3)26-41-37(28-57(49,50)36-18-14-13-15-19-36)32(4)39(55-41)25-35-27-46(42(47)54-35)43(48)56-44(5,6)7/h13-15,18-19,29,32-35,37-41H,2-3,16-17,20-28H2,1,4-12H3/t29-,32-,33+,34+,35+,37-,38?,39-,40-,41+/m1/s1. The molecule has 4 aliphatic heterocycles. The number of hydrogen-bond acceptors (Lipinski definition) is 10. The Balaban J connectivity index is 1.21. The van der Waals surface area contributed by atoms with Crippen LogP contribution in [0.2, 0.25) is 18.1 Å². The van der Waals surface area contributed by atoms with E-state index in [4.69, 9.17) is 28.1 Å². The number of carbonyl (C=O) groups is 2. The molecular weight excluding hydrogens is 775 g/mol. The maximum atomic E-state index is 13.8. The number of nitrogens with zero attached hydrogens (tertiary/aromatic N) is 1. The first kappa shape index (κ1) is 46.5. The van der Waals surface area contributed by atoms with Crippen molar-refractivity contribution in [3.8, 4) is 0 Å². The first-order chi connectivity index (χ1) is 26.9. The third kappa shape index (κ3) is 11.8. The molecule has 0 aliphatic carbocycles. The van der Waals surface area contributed by atoms with E-state index in [1.165, 1.54) is 0 Å². The monoisotopic (exact) mass is 845 g/mol. The summed E-state index contributed by atoms with van der Waals surface area (Å²) in [6, 6.07) is 8.50. The van der Waals surface area contributed by atoms with Gasteiger partial charge in [-0.25, -0.2) is 22.9 Å². The van der Waals surface area contributed by atoms with Gasteiger partial charge in [0.1, 0.15) is 11.7 Å². The van der Waals surface area contributed by atoms with E-state index in [2.05, 4.69) is 53.9 Å². The average molecular weight is 846 g/mol. The Bertz CT molecular complexity index is 1720. The van der Waals surface area contributed by atoms with Crippen LogP contribution in [0.5, 0.6) is 0 Å². The zero-order chi connectivity index (χ0) is 42.8. The first-order valence-electron chi connectivity index (χ1n) is 21.4. The van der Waals surface area contributed by atoms with E-state index in [0.717, 1.165) is 61.2 Å². The van der Waals surface area contributed by atoms with Gasteiger partial charge < -0.3 is 28.1 Å². The molecule has 0 bridgehead atoms. The number of hydrogen-bond donors (Lipinski definition) is 0. The van der Waals surface area contributed by atoms with Crippen molar-refractivity contribution in [3.63, 3.8) is 0 Å². The number of benzene rings is 1. The topological polar surface area (TPSA) is 127 Å². The molecule has 4 aliphatic rings. The van der Waals surface area contributed by atoms with Gasteiger partial charge in [0.05, 0.1) is 53.8 Å². The lowest BCUT2D eigenvalue weighted by Gasteiger charge is -2.38. The second-order valence-electron chi connectivity index (χ2n) is 19.8. The zero-order valence-electron chi connectivity index (χ0n) is 36.8. The van der Waals surface area contributed by atoms with Crippen LogP contribution in [0.4, 0.5) is 9.59 Å². The third-order valence-corrected chi connectivity index (χ3v) is 19.4. The maximum Gasteiger partial charge on any atom is 0.419 e. The van der Waals surface area contributed by atoms with E-state index < -0.39 is 54.3 Å². The molecule has 11 nitrogen and oxygen atoms in total. The van der Waals surface area contributed by atoms with Crippen molar-refractivity contribution in [3.05, 3.63) is 54.6 Å². The molecule has 0 radical (unpaired) electrons. The van der Waals surface area contributed by atoms with Crippen molar-refractivity contribution in [2.24, 2.45) is 17.8 Å². The quantitative estimate of drug-likeness (QED) is 0.0957. The van der Waals surface area contributed by atoms with Crippen LogP contribution in [0, 0.1) is 17.8 Å². The Morgan fingerprint density at radius 3 is 2.22 bits per heavy atom. The van der Waals surface area contributed by atoms with Crippen molar-refractivity contribution in [1.29, 1.82) is 0 Å². The highest BCUT2D eigenvalue weighted by Gasteiger charge is 2.49. The predicted molar refractivity (Wildman–Crippen MR) is 228 cm³/mol. The number of rotatable bonds is 15. The van der Waals surface area contributed by atoms with E-state index in [1.807, 2.05) is 6.92 Å². The summed E-state index contributed by atoms with van der Waals surface area (Å²) in [5.41, 5.74) is 1.36. The summed E-state index contributed by atoms with van der Waals surface area (Å²) in [6.07, 6.45) is 2.86. The molecule has 1 aromatic rings. The van der Waals surface area contributed by atoms with Gasteiger partial charge in [0.25, 0.3) is 0 Å². The van der Waals surface area contributed by atoms with Crippen molar-refractivity contribution in [2.75, 3.05) is 18.9 Å². The van der Waals surface area contributed by atoms with Crippen LogP contribution in [-0.2, 0) is 37.9 Å². The summed E-state index contributed by atoms with van der Waals surface area (Å²) >= 11 is 0. The summed E-state index contributed by atoms with van der Waals surface area (Å²) in [5.74, 6) is -0.444. The SMILES string of the molecule is C=C1C[C@H](CCCO[Si](C)(C)C(C)(C)C)OC1CC[C@H]1C[C@@H](C)C(=C)[C@@H](C[C@@H]2O[C@H](C[C@H]3CN(C(=O)OC(C)(C)C)C(=O)O3)[C@H](C)[C@H]2CS(=O)(=O)c2ccccc2)O1. The van der Waals surface area contributed by atoms with Gasteiger partial charge in [-0.05, 0) is 113 Å². The fourth-order valence-corrected chi connectivity index (χ4v) is 11.3. The molecule has 1 aromatic carbocycles. The van der Waals surface area contributed by atoms with Gasteiger partial charge in [-0.2, -0.15) is 0 Å². The number of sulfone groups is 1. The molecule has 13 heteroatoms. The normalized spacial score (nSPS) is 31.2. The second kappa shape index (κ2) is 18.6. The molecule has 1 unspecified atom stereocenters. The average Bonchev–Trinajstić information content (AvgIpc) is 3.76. The van der Waals surface area contributed by atoms with Crippen LogP contribution >= 0.6 is 0 Å². The fourth-order valence-electron chi connectivity index (χ4n) is 8.45. The van der Waals surface area contributed by atoms with E-state index in [0.29, 0.717) is 12.8 Å². The van der Waals surface area contributed by atoms with E-state index in [1.54, 1.807) is 51.1 Å². The molecule has 0 spiro atoms. The largest absolute Gasteiger partial charge is 0.444 e. The molecule has 0 aromatic heterocycles. The highest BCUT2D eigenvalue weighted by atomic mass is 32.2. The zero-order valence-corrected chi connectivity index (χ0v) is 38.6. The molecule has 4 saturated heterocycles. The Kier molecular flexibility index (Phi) is 14.9. The fraction of sp³-hybridized carbons (Fsp3) is 0.733. The van der Waals surface area contributed by atoms with Gasteiger partial charge in [-0.15, -0.1) is 0 Å². The summed E-state index contributed by atoms with van der Waals surface area (Å²) in [4.78, 5) is 26.7. The number of carbonyl (C=O) groups excluding carboxylic acids is 2. The molecule has 0 N–H and O–H groups in total. The Morgan fingerprint density at radius 1 is 0.897 bits per heavy atom. The maximum absolute atomic E-state index is 13.8. The van der Waals surface area contributed by atoms with E-state index in [9.17, 15) is 18.0 Å². The minimum atomic E-state index is -3.66. The van der Waals surface area contributed by atoms with Crippen LogP contribution in [0.1, 0.15) is 107 Å². The molecule has 4 fully saturated rings. The third-order valence-electron chi connectivity index (χ3n) is 13.0. The van der Waals surface area contributed by atoms with Crippen LogP contribution in [-0.4, -0.2) is 101 Å². The van der Waals surface area contributed by atoms with Crippen molar-refractivity contribution in [1.82, 2.24) is 4.90 Å². The summed E-state index contributed by atoms with van der Waals surface area (Å²) in [6.45, 7) is 30.4. The number of ether oxygens (including phenoxy) is 5. The van der Waals surface area contributed by atoms with Crippen molar-refractivity contribution < 1.29 is 46.1 Å². The van der Waals surface area contributed by atoms with Gasteiger partial charge in [0, 0.05) is 25.4 Å². The van der Waals surface area contributed by atoms with Crippen molar-refractivity contribution >= 4 is 30.3 Å². The lowest BCUT2D eigenvalue weighted by Crippen LogP contribution is -2.41. The molecule has 2 amide bonds. The van der Waals surface area contributed by atoms with Crippen LogP contribution in [0.3, 0.4) is 0 Å². The van der Waals surface area contributed by atoms with Crippen molar-refractivity contribution in [2.45, 2.75) is 178 Å². The Labute approximate surface area is 349 Å². The minimum absolute atomic E-state index is 0.00271. The Hall–Kier alpha value is -2.55. The molecule has 4 heterocycles. The van der Waals surface area contributed by atoms with E-state index >= 15 is 0 Å². The predicted octanol–water partition coefficient (Wildman–Crippen LogP) is 9.66. The minimum Gasteiger partial charge on any atom is -0.444 e. The highest BCUT2D eigenvalue weighted by Crippen LogP contribution is 2.43. The highest BCUT2D eigenvalue weighted by molar-refractivity contribution is 7.91. The van der Waals surface area contributed by atoms with Crippen LogP contribution in [0.15, 0.2) is 59.5 Å². The number of imide groups is 1. The van der Waals surface area contributed by atoms with Gasteiger partial charge in [0.15, 0.2) is 18.2 Å². The van der Waals surface area contributed by atoms with Crippen LogP contribution < -0.4 is 0 Å². The second-order valence-corrected chi connectivity index (χ2v) is 26.6. The lowest BCUT2D eigenvalue weighted by molar-refractivity contribution is -0.0748. The van der Waals surface area contributed by atoms with E-state index in [-0.39, 0.29) is 64.4 Å². The molecule has 0 saturated carbocycles. The van der Waals surface area contributed by atoms with Gasteiger partial charge in [0.2, 0.25) is 0 Å². The lowest BCUT2D eigenvalue weighted by atomic mass is 9.82. The van der Waals surface area contributed by atoms with Gasteiger partial charge in [-0.1, -0.05) is 66.0 Å². The first-order valence-corrected chi connectivity index (χ1v) is 26.0. The molecule has 58 heavy (non-hydrogen) atoms. The Morgan fingerprint density at radius 2 is 1.57 bits per heavy atom.